The molecule has 0 bridgehead atoms. The van der Waals surface area contributed by atoms with Crippen molar-refractivity contribution in [3.63, 3.8) is 0 Å². The zero-order valence-electron chi connectivity index (χ0n) is 33.8. The molecule has 300 valence electrons. The number of aromatic hydroxyl groups is 1. The highest BCUT2D eigenvalue weighted by molar-refractivity contribution is 9.10. The zero-order chi connectivity index (χ0) is 42.5. The van der Waals surface area contributed by atoms with Gasteiger partial charge in [-0.25, -0.2) is 0 Å². The molecule has 0 radical (unpaired) electrons. The van der Waals surface area contributed by atoms with E-state index in [1.165, 1.54) is 43.1 Å². The number of ether oxygens (including phenoxy) is 1. The molecule has 0 saturated carbocycles. The Hall–Kier alpha value is -8.00. The number of nitrogens with zero attached hydrogens (tertiary/aromatic N) is 4. The zero-order valence-corrected chi connectivity index (χ0v) is 35.4. The number of fused-ring (bicyclic) bond motifs is 12. The molecular weight excluding hydrogens is 841 g/mol. The van der Waals surface area contributed by atoms with Crippen molar-refractivity contribution in [1.82, 2.24) is 19.9 Å². The summed E-state index contributed by atoms with van der Waals surface area (Å²) in [7, 11) is 0. The van der Waals surface area contributed by atoms with Gasteiger partial charge in [0.25, 0.3) is 0 Å². The number of benzene rings is 8. The summed E-state index contributed by atoms with van der Waals surface area (Å²) >= 11 is 3.55. The van der Waals surface area contributed by atoms with E-state index in [0.717, 1.165) is 60.3 Å². The van der Waals surface area contributed by atoms with Gasteiger partial charge in [0.1, 0.15) is 17.2 Å². The van der Waals surface area contributed by atoms with Crippen LogP contribution >= 0.6 is 15.9 Å². The molecule has 1 N–H and O–H groups in total. The minimum Gasteiger partial charge on any atom is -0.508 e. The summed E-state index contributed by atoms with van der Waals surface area (Å²) in [4.78, 5) is 17.9. The van der Waals surface area contributed by atoms with E-state index in [1.54, 1.807) is 30.6 Å². The third kappa shape index (κ3) is 8.13. The fraction of sp³-hybridized carbons (Fsp3) is 0. The Morgan fingerprint density at radius 1 is 0.333 bits per heavy atom. The minimum atomic E-state index is 0.267. The Labute approximate surface area is 371 Å². The number of rotatable bonds is 4. The van der Waals surface area contributed by atoms with Crippen molar-refractivity contribution in [2.45, 2.75) is 0 Å². The molecule has 63 heavy (non-hydrogen) atoms. The first kappa shape index (κ1) is 39.2. The predicted octanol–water partition coefficient (Wildman–Crippen LogP) is 15.2. The van der Waals surface area contributed by atoms with E-state index in [2.05, 4.69) is 122 Å². The van der Waals surface area contributed by atoms with Crippen molar-refractivity contribution in [2.75, 3.05) is 0 Å². The van der Waals surface area contributed by atoms with Crippen molar-refractivity contribution >= 4 is 80.8 Å². The first-order valence-corrected chi connectivity index (χ1v) is 21.3. The number of pyridine rings is 4. The van der Waals surface area contributed by atoms with Gasteiger partial charge in [-0.1, -0.05) is 119 Å². The number of hydrogen-bond acceptors (Lipinski definition) is 6. The van der Waals surface area contributed by atoms with E-state index in [0.29, 0.717) is 0 Å². The van der Waals surface area contributed by atoms with Gasteiger partial charge in [0.05, 0.1) is 22.4 Å². The first-order valence-electron chi connectivity index (χ1n) is 20.5. The van der Waals surface area contributed by atoms with Crippen molar-refractivity contribution < 1.29 is 9.84 Å². The smallest absolute Gasteiger partial charge is 0.128 e. The molecule has 8 aromatic carbocycles. The minimum absolute atomic E-state index is 0.267. The van der Waals surface area contributed by atoms with E-state index in [-0.39, 0.29) is 5.75 Å². The topological polar surface area (TPSA) is 81.0 Å². The molecule has 0 aliphatic rings. The summed E-state index contributed by atoms with van der Waals surface area (Å²) < 4.78 is 7.34. The van der Waals surface area contributed by atoms with Gasteiger partial charge in [0.15, 0.2) is 0 Å². The molecule has 0 amide bonds. The summed E-state index contributed by atoms with van der Waals surface area (Å²) in [6.45, 7) is 0. The lowest BCUT2D eigenvalue weighted by molar-refractivity contribution is 0.475. The van der Waals surface area contributed by atoms with Crippen molar-refractivity contribution in [2.24, 2.45) is 0 Å². The lowest BCUT2D eigenvalue weighted by Crippen LogP contribution is -1.89. The van der Waals surface area contributed by atoms with Gasteiger partial charge in [-0.3, -0.25) is 19.9 Å². The molecule has 0 unspecified atom stereocenters. The molecule has 12 aromatic rings. The van der Waals surface area contributed by atoms with Crippen molar-refractivity contribution in [3.05, 3.63) is 223 Å². The fourth-order valence-electron chi connectivity index (χ4n) is 8.13. The van der Waals surface area contributed by atoms with E-state index in [9.17, 15) is 5.11 Å². The summed E-state index contributed by atoms with van der Waals surface area (Å²) in [5.74, 6) is 1.83. The molecule has 4 heterocycles. The normalized spacial score (nSPS) is 11.0. The number of phenols is 1. The second-order valence-electron chi connectivity index (χ2n) is 14.9. The van der Waals surface area contributed by atoms with Gasteiger partial charge in [-0.2, -0.15) is 0 Å². The molecule has 0 atom stereocenters. The van der Waals surface area contributed by atoms with E-state index in [1.807, 2.05) is 97.3 Å². The highest BCUT2D eigenvalue weighted by atomic mass is 79.9. The molecule has 6 nitrogen and oxygen atoms in total. The third-order valence-electron chi connectivity index (χ3n) is 11.0. The Balaban J connectivity index is 0.000000125. The van der Waals surface area contributed by atoms with Crippen LogP contribution in [0, 0.1) is 0 Å². The van der Waals surface area contributed by atoms with E-state index >= 15 is 0 Å². The van der Waals surface area contributed by atoms with E-state index in [4.69, 9.17) is 9.72 Å². The third-order valence-corrected chi connectivity index (χ3v) is 11.4. The maximum Gasteiger partial charge on any atom is 0.128 e. The molecule has 12 rings (SSSR count). The molecule has 4 aromatic heterocycles. The molecule has 0 aliphatic heterocycles. The van der Waals surface area contributed by atoms with Crippen LogP contribution in [0.4, 0.5) is 0 Å². The van der Waals surface area contributed by atoms with Gasteiger partial charge in [-0.15, -0.1) is 0 Å². The Morgan fingerprint density at radius 2 is 0.794 bits per heavy atom. The van der Waals surface area contributed by atoms with Crippen LogP contribution in [-0.4, -0.2) is 25.0 Å². The summed E-state index contributed by atoms with van der Waals surface area (Å²) in [6, 6.07) is 64.6. The monoisotopic (exact) mass is 876 g/mol. The quantitative estimate of drug-likeness (QED) is 0.177. The first-order chi connectivity index (χ1) is 31.1. The summed E-state index contributed by atoms with van der Waals surface area (Å²) in [5, 5.41) is 21.3. The molecular formula is C56H37BrN4O2. The van der Waals surface area contributed by atoms with Crippen molar-refractivity contribution in [3.8, 4) is 39.8 Å². The SMILES string of the molecule is Brc1ccc2c3ccccc3c3cccnc3c2c1.Oc1cccc(-c2ccccn2)c1.c1ccc(-c2cccc(Oc3ccc4c5ccccc5c5cccnc5c4c3)c2)nc1. The number of hydrogen-bond donors (Lipinski definition) is 1. The average Bonchev–Trinajstić information content (AvgIpc) is 3.35. The van der Waals surface area contributed by atoms with Crippen molar-refractivity contribution in [1.29, 1.82) is 0 Å². The maximum atomic E-state index is 9.25. The standard InChI is InChI=1S/C28H18N2O.C17H10BrN.C11H9NO/c1-2-10-23-22(9-1)24-14-13-21(18-26(24)28-25(23)11-6-16-30-28)31-20-8-5-7-19(17-20)27-12-3-4-15-29-27;18-11-7-8-14-12-4-1-2-5-13(12)15-6-3-9-19-17(15)16(14)10-11;13-10-5-3-4-9(8-10)11-6-1-2-7-12-11/h1-18H;1-10H;1-8,13H. The van der Waals surface area contributed by atoms with Gasteiger partial charge < -0.3 is 9.84 Å². The van der Waals surface area contributed by atoms with Gasteiger partial charge in [0, 0.05) is 61.9 Å². The average molecular weight is 878 g/mol. The van der Waals surface area contributed by atoms with Crippen LogP contribution in [0.15, 0.2) is 223 Å². The molecule has 0 aliphatic carbocycles. The molecule has 0 spiro atoms. The Morgan fingerprint density at radius 3 is 1.37 bits per heavy atom. The molecule has 7 heteroatoms. The van der Waals surface area contributed by atoms with Crippen LogP contribution in [0.2, 0.25) is 0 Å². The Kier molecular flexibility index (Phi) is 10.9. The summed E-state index contributed by atoms with van der Waals surface area (Å²) in [5.41, 5.74) is 5.81. The summed E-state index contributed by atoms with van der Waals surface area (Å²) in [6.07, 6.45) is 7.24. The largest absolute Gasteiger partial charge is 0.508 e. The Bertz CT molecular complexity index is 3510. The van der Waals surface area contributed by atoms with Crippen LogP contribution in [0.5, 0.6) is 17.2 Å². The molecule has 0 saturated heterocycles. The van der Waals surface area contributed by atoms with Gasteiger partial charge in [0.2, 0.25) is 0 Å². The number of phenolic OH excluding ortho intramolecular Hbond substituents is 1. The van der Waals surface area contributed by atoms with Gasteiger partial charge >= 0.3 is 0 Å². The second-order valence-corrected chi connectivity index (χ2v) is 15.8. The highest BCUT2D eigenvalue weighted by Crippen LogP contribution is 2.38. The van der Waals surface area contributed by atoms with Crippen LogP contribution in [0.3, 0.4) is 0 Å². The lowest BCUT2D eigenvalue weighted by atomic mass is 9.97. The van der Waals surface area contributed by atoms with Crippen LogP contribution in [0.1, 0.15) is 0 Å². The molecule has 0 fully saturated rings. The lowest BCUT2D eigenvalue weighted by Gasteiger charge is -2.12. The van der Waals surface area contributed by atoms with E-state index < -0.39 is 0 Å². The number of halogens is 1. The van der Waals surface area contributed by atoms with Crippen LogP contribution < -0.4 is 4.74 Å². The highest BCUT2D eigenvalue weighted by Gasteiger charge is 2.12. The fourth-order valence-corrected chi connectivity index (χ4v) is 8.49. The second kappa shape index (κ2) is 17.5. The maximum absolute atomic E-state index is 9.25. The number of aromatic nitrogens is 4. The van der Waals surface area contributed by atoms with Crippen LogP contribution in [0.25, 0.3) is 87.4 Å². The van der Waals surface area contributed by atoms with Crippen LogP contribution in [-0.2, 0) is 0 Å². The van der Waals surface area contributed by atoms with Gasteiger partial charge in [-0.05, 0) is 123 Å². The predicted molar refractivity (Wildman–Crippen MR) is 262 cm³/mol.